The molecule has 0 fully saturated rings. The van der Waals surface area contributed by atoms with Gasteiger partial charge in [-0.25, -0.2) is 0 Å². The Bertz CT molecular complexity index is 261. The second kappa shape index (κ2) is 2.86. The molecule has 0 unspecified atom stereocenters. The van der Waals surface area contributed by atoms with Gasteiger partial charge in [0.25, 0.3) is 0 Å². The van der Waals surface area contributed by atoms with E-state index in [2.05, 4.69) is 33.8 Å². The molecule has 0 aliphatic rings. The fourth-order valence-corrected chi connectivity index (χ4v) is 1.47. The molecule has 0 saturated heterocycles. The van der Waals surface area contributed by atoms with Gasteiger partial charge < -0.3 is 0 Å². The molecular weight excluding hydrogens is 156 g/mol. The predicted molar refractivity (Wildman–Crippen MR) is 50.4 cm³/mol. The highest BCUT2D eigenvalue weighted by Crippen LogP contribution is 2.25. The van der Waals surface area contributed by atoms with Gasteiger partial charge >= 0.3 is 0 Å². The maximum atomic E-state index is 6.09. The van der Waals surface area contributed by atoms with Crippen LogP contribution in [0.15, 0.2) is 6.07 Å². The van der Waals surface area contributed by atoms with Crippen molar-refractivity contribution in [3.8, 4) is 0 Å². The molecule has 0 radical (unpaired) electrons. The normalized spacial score (nSPS) is 10.3. The Hall–Kier alpha value is -0.490. The Morgan fingerprint density at radius 3 is 1.64 bits per heavy atom. The molecule has 1 aromatic carbocycles. The van der Waals surface area contributed by atoms with Crippen molar-refractivity contribution in [3.63, 3.8) is 0 Å². The van der Waals surface area contributed by atoms with Gasteiger partial charge in [0.05, 0.1) is 0 Å². The number of benzene rings is 1. The van der Waals surface area contributed by atoms with E-state index >= 15 is 0 Å². The van der Waals surface area contributed by atoms with Crippen LogP contribution in [0.4, 0.5) is 0 Å². The lowest BCUT2D eigenvalue weighted by Crippen LogP contribution is -1.89. The summed E-state index contributed by atoms with van der Waals surface area (Å²) >= 11 is 6.09. The van der Waals surface area contributed by atoms with Gasteiger partial charge in [-0.15, -0.1) is 0 Å². The molecule has 0 saturated carbocycles. The maximum Gasteiger partial charge on any atom is 0.0469 e. The maximum absolute atomic E-state index is 6.09. The molecule has 11 heavy (non-hydrogen) atoms. The van der Waals surface area contributed by atoms with Gasteiger partial charge in [0.2, 0.25) is 0 Å². The predicted octanol–water partition coefficient (Wildman–Crippen LogP) is 3.57. The van der Waals surface area contributed by atoms with Gasteiger partial charge in [0, 0.05) is 5.02 Å². The summed E-state index contributed by atoms with van der Waals surface area (Å²) < 4.78 is 0. The Labute approximate surface area is 73.2 Å². The number of hydrogen-bond acceptors (Lipinski definition) is 0. The molecule has 1 rings (SSSR count). The largest absolute Gasteiger partial charge is 0.0837 e. The lowest BCUT2D eigenvalue weighted by atomic mass is 10.0. The third kappa shape index (κ3) is 1.41. The van der Waals surface area contributed by atoms with E-state index in [0.717, 1.165) is 5.02 Å². The standard InChI is InChI=1S/C10H13Cl/c1-6-5-7(2)9(4)10(11)8(6)3/h5H,1-4H3. The molecule has 0 heterocycles. The van der Waals surface area contributed by atoms with Crippen LogP contribution >= 0.6 is 11.6 Å². The number of rotatable bonds is 0. The third-order valence-electron chi connectivity index (χ3n) is 2.27. The molecule has 0 aliphatic carbocycles. The average molecular weight is 169 g/mol. The molecular formula is C10H13Cl. The Morgan fingerprint density at radius 1 is 0.909 bits per heavy atom. The third-order valence-corrected chi connectivity index (χ3v) is 2.84. The molecule has 1 aromatic rings. The van der Waals surface area contributed by atoms with Crippen LogP contribution in [0.3, 0.4) is 0 Å². The molecule has 0 nitrogen and oxygen atoms in total. The zero-order valence-corrected chi connectivity index (χ0v) is 8.21. The fourth-order valence-electron chi connectivity index (χ4n) is 1.17. The smallest absolute Gasteiger partial charge is 0.0469 e. The van der Waals surface area contributed by atoms with Crippen molar-refractivity contribution in [2.45, 2.75) is 27.7 Å². The molecule has 0 spiro atoms. The Balaban J connectivity index is 3.46. The molecule has 0 aromatic heterocycles. The van der Waals surface area contributed by atoms with Gasteiger partial charge in [-0.2, -0.15) is 0 Å². The van der Waals surface area contributed by atoms with Crippen molar-refractivity contribution in [1.82, 2.24) is 0 Å². The Kier molecular flexibility index (Phi) is 2.24. The second-order valence-electron chi connectivity index (χ2n) is 3.07. The highest BCUT2D eigenvalue weighted by Gasteiger charge is 2.04. The summed E-state index contributed by atoms with van der Waals surface area (Å²) in [4.78, 5) is 0. The minimum atomic E-state index is 0.919. The van der Waals surface area contributed by atoms with Crippen molar-refractivity contribution in [2.24, 2.45) is 0 Å². The van der Waals surface area contributed by atoms with Crippen LogP contribution in [0.1, 0.15) is 22.3 Å². The van der Waals surface area contributed by atoms with E-state index in [0.29, 0.717) is 0 Å². The van der Waals surface area contributed by atoms with E-state index < -0.39 is 0 Å². The van der Waals surface area contributed by atoms with Crippen LogP contribution in [0, 0.1) is 27.7 Å². The monoisotopic (exact) mass is 168 g/mol. The SMILES string of the molecule is Cc1cc(C)c(C)c(Cl)c1C. The lowest BCUT2D eigenvalue weighted by molar-refractivity contribution is 1.24. The number of halogens is 1. The van der Waals surface area contributed by atoms with E-state index in [1.54, 1.807) is 0 Å². The van der Waals surface area contributed by atoms with Crippen LogP contribution in [-0.2, 0) is 0 Å². The lowest BCUT2D eigenvalue weighted by Gasteiger charge is -2.08. The summed E-state index contributed by atoms with van der Waals surface area (Å²) in [5.74, 6) is 0. The van der Waals surface area contributed by atoms with E-state index in [4.69, 9.17) is 11.6 Å². The molecule has 60 valence electrons. The van der Waals surface area contributed by atoms with E-state index in [-0.39, 0.29) is 0 Å². The molecule has 1 heteroatoms. The number of hydrogen-bond donors (Lipinski definition) is 0. The summed E-state index contributed by atoms with van der Waals surface area (Å²) in [5.41, 5.74) is 4.96. The summed E-state index contributed by atoms with van der Waals surface area (Å²) in [6, 6.07) is 2.18. The van der Waals surface area contributed by atoms with Gasteiger partial charge in [0.15, 0.2) is 0 Å². The zero-order chi connectivity index (χ0) is 8.59. The fraction of sp³-hybridized carbons (Fsp3) is 0.400. The Morgan fingerprint density at radius 2 is 1.27 bits per heavy atom. The van der Waals surface area contributed by atoms with Crippen molar-refractivity contribution in [3.05, 3.63) is 33.3 Å². The first-order chi connectivity index (χ1) is 5.04. The topological polar surface area (TPSA) is 0 Å². The summed E-state index contributed by atoms with van der Waals surface area (Å²) in [7, 11) is 0. The van der Waals surface area contributed by atoms with Gasteiger partial charge in [-0.1, -0.05) is 17.7 Å². The molecule has 0 atom stereocenters. The first-order valence-electron chi connectivity index (χ1n) is 3.77. The minimum Gasteiger partial charge on any atom is -0.0837 e. The van der Waals surface area contributed by atoms with Gasteiger partial charge in [0.1, 0.15) is 0 Å². The van der Waals surface area contributed by atoms with Crippen LogP contribution in [0.2, 0.25) is 5.02 Å². The first-order valence-corrected chi connectivity index (χ1v) is 4.14. The van der Waals surface area contributed by atoms with Crippen molar-refractivity contribution < 1.29 is 0 Å². The quantitative estimate of drug-likeness (QED) is 0.556. The summed E-state index contributed by atoms with van der Waals surface area (Å²) in [6.45, 7) is 8.30. The average Bonchev–Trinajstić information content (AvgIpc) is 1.97. The van der Waals surface area contributed by atoms with Crippen molar-refractivity contribution in [2.75, 3.05) is 0 Å². The molecule has 0 aliphatic heterocycles. The highest BCUT2D eigenvalue weighted by atomic mass is 35.5. The van der Waals surface area contributed by atoms with Crippen LogP contribution in [0.25, 0.3) is 0 Å². The van der Waals surface area contributed by atoms with E-state index in [1.165, 1.54) is 22.3 Å². The van der Waals surface area contributed by atoms with E-state index in [1.807, 2.05) is 0 Å². The van der Waals surface area contributed by atoms with Crippen molar-refractivity contribution >= 4 is 11.6 Å². The second-order valence-corrected chi connectivity index (χ2v) is 3.45. The zero-order valence-electron chi connectivity index (χ0n) is 7.46. The van der Waals surface area contributed by atoms with Gasteiger partial charge in [-0.3, -0.25) is 0 Å². The minimum absolute atomic E-state index is 0.919. The van der Waals surface area contributed by atoms with Crippen molar-refractivity contribution in [1.29, 1.82) is 0 Å². The molecule has 0 N–H and O–H groups in total. The summed E-state index contributed by atoms with van der Waals surface area (Å²) in [6.07, 6.45) is 0. The highest BCUT2D eigenvalue weighted by molar-refractivity contribution is 6.32. The van der Waals surface area contributed by atoms with Crippen LogP contribution < -0.4 is 0 Å². The van der Waals surface area contributed by atoms with Crippen LogP contribution in [0.5, 0.6) is 0 Å². The summed E-state index contributed by atoms with van der Waals surface area (Å²) in [5, 5.41) is 0.919. The molecule has 0 amide bonds. The molecule has 0 bridgehead atoms. The van der Waals surface area contributed by atoms with E-state index in [9.17, 15) is 0 Å². The first kappa shape index (κ1) is 8.61. The number of aryl methyl sites for hydroxylation is 2. The van der Waals surface area contributed by atoms with Gasteiger partial charge in [-0.05, 0) is 49.9 Å². The van der Waals surface area contributed by atoms with Crippen LogP contribution in [-0.4, -0.2) is 0 Å².